The monoisotopic (exact) mass is 452 g/mol. The summed E-state index contributed by atoms with van der Waals surface area (Å²) in [5.74, 6) is -0.652. The summed E-state index contributed by atoms with van der Waals surface area (Å²) in [6.07, 6.45) is -2.36. The van der Waals surface area contributed by atoms with Crippen LogP contribution in [0.5, 0.6) is 0 Å². The molecule has 164 valence electrons. The van der Waals surface area contributed by atoms with Crippen molar-refractivity contribution in [1.29, 1.82) is 0 Å². The highest BCUT2D eigenvalue weighted by Crippen LogP contribution is 2.38. The van der Waals surface area contributed by atoms with Crippen LogP contribution in [-0.2, 0) is 22.7 Å². The van der Waals surface area contributed by atoms with Crippen LogP contribution in [0.4, 0.5) is 18.9 Å². The highest BCUT2D eigenvalue weighted by molar-refractivity contribution is 7.92. The molecule has 0 atom stereocenters. The zero-order valence-corrected chi connectivity index (χ0v) is 17.7. The molecule has 3 aromatic rings. The normalized spacial score (nSPS) is 12.1. The van der Waals surface area contributed by atoms with E-state index in [9.17, 15) is 26.4 Å². The molecular formula is C20H19F3N4O3S. The molecule has 0 saturated carbocycles. The van der Waals surface area contributed by atoms with E-state index in [4.69, 9.17) is 0 Å². The first-order valence-corrected chi connectivity index (χ1v) is 10.9. The van der Waals surface area contributed by atoms with Crippen LogP contribution < -0.4 is 9.62 Å². The maximum Gasteiger partial charge on any atom is 0.418 e. The molecule has 0 spiro atoms. The van der Waals surface area contributed by atoms with Crippen molar-refractivity contribution in [3.63, 3.8) is 0 Å². The first kappa shape index (κ1) is 22.5. The molecule has 0 aliphatic rings. The molecule has 0 saturated heterocycles. The minimum absolute atomic E-state index is 0.0860. The average molecular weight is 452 g/mol. The number of fused-ring (bicyclic) bond motifs is 1. The van der Waals surface area contributed by atoms with Gasteiger partial charge in [0.1, 0.15) is 5.69 Å². The van der Waals surface area contributed by atoms with Gasteiger partial charge in [-0.1, -0.05) is 6.07 Å². The Balaban J connectivity index is 2.08. The Morgan fingerprint density at radius 1 is 1.19 bits per heavy atom. The number of hydrogen-bond acceptors (Lipinski definition) is 5. The third kappa shape index (κ3) is 4.93. The van der Waals surface area contributed by atoms with E-state index < -0.39 is 33.2 Å². The van der Waals surface area contributed by atoms with E-state index in [1.807, 2.05) is 0 Å². The molecule has 2 aromatic heterocycles. The van der Waals surface area contributed by atoms with E-state index in [1.165, 1.54) is 26.1 Å². The summed E-state index contributed by atoms with van der Waals surface area (Å²) in [5, 5.41) is 2.68. The van der Waals surface area contributed by atoms with E-state index in [0.717, 1.165) is 10.6 Å². The Hall–Kier alpha value is -3.21. The second-order valence-corrected chi connectivity index (χ2v) is 8.96. The number of alkyl halides is 3. The highest BCUT2D eigenvalue weighted by atomic mass is 32.2. The van der Waals surface area contributed by atoms with Gasteiger partial charge in [-0.3, -0.25) is 14.1 Å². The van der Waals surface area contributed by atoms with Gasteiger partial charge in [-0.2, -0.15) is 13.2 Å². The van der Waals surface area contributed by atoms with Crippen LogP contribution in [0.25, 0.3) is 10.9 Å². The van der Waals surface area contributed by atoms with Gasteiger partial charge in [0.15, 0.2) is 0 Å². The van der Waals surface area contributed by atoms with Crippen LogP contribution >= 0.6 is 0 Å². The molecule has 11 heteroatoms. The van der Waals surface area contributed by atoms with Gasteiger partial charge in [0.05, 0.1) is 35.3 Å². The summed E-state index contributed by atoms with van der Waals surface area (Å²) < 4.78 is 65.7. The van der Waals surface area contributed by atoms with Crippen LogP contribution in [-0.4, -0.2) is 37.6 Å². The standard InChI is InChI=1S/C20H19F3N4O3S/c1-12-8-17(19(28)25-11-13-6-4-5-7-24-13)26-18-15(12)9-14(27(2)31(3,29)30)10-16(18)20(21,22)23/h4-10H,11H2,1-3H3,(H,25,28). The number of nitrogens with one attached hydrogen (secondary N) is 1. The fourth-order valence-corrected chi connectivity index (χ4v) is 3.43. The van der Waals surface area contributed by atoms with Crippen molar-refractivity contribution in [2.45, 2.75) is 19.6 Å². The molecule has 2 heterocycles. The number of halogens is 3. The minimum atomic E-state index is -4.81. The molecule has 31 heavy (non-hydrogen) atoms. The largest absolute Gasteiger partial charge is 0.418 e. The van der Waals surface area contributed by atoms with E-state index in [2.05, 4.69) is 15.3 Å². The number of anilines is 1. The summed E-state index contributed by atoms with van der Waals surface area (Å²) >= 11 is 0. The number of carbonyl (C=O) groups is 1. The lowest BCUT2D eigenvalue weighted by Crippen LogP contribution is -2.26. The number of rotatable bonds is 5. The number of carbonyl (C=O) groups excluding carboxylic acids is 1. The fourth-order valence-electron chi connectivity index (χ4n) is 2.95. The lowest BCUT2D eigenvalue weighted by Gasteiger charge is -2.20. The topological polar surface area (TPSA) is 92.3 Å². The highest BCUT2D eigenvalue weighted by Gasteiger charge is 2.35. The zero-order valence-electron chi connectivity index (χ0n) is 16.9. The number of pyridine rings is 2. The first-order chi connectivity index (χ1) is 14.4. The van der Waals surface area contributed by atoms with E-state index in [-0.39, 0.29) is 23.3 Å². The van der Waals surface area contributed by atoms with Crippen molar-refractivity contribution < 1.29 is 26.4 Å². The average Bonchev–Trinajstić information content (AvgIpc) is 2.70. The van der Waals surface area contributed by atoms with Crippen LogP contribution in [0.2, 0.25) is 0 Å². The minimum Gasteiger partial charge on any atom is -0.345 e. The second kappa shape index (κ2) is 8.14. The molecule has 1 aromatic carbocycles. The Kier molecular flexibility index (Phi) is 5.90. The molecule has 1 N–H and O–H groups in total. The van der Waals surface area contributed by atoms with Crippen LogP contribution in [0.3, 0.4) is 0 Å². The summed E-state index contributed by atoms with van der Waals surface area (Å²) in [6.45, 7) is 1.62. The van der Waals surface area contributed by atoms with Gasteiger partial charge in [0.2, 0.25) is 10.0 Å². The molecule has 7 nitrogen and oxygen atoms in total. The molecule has 0 unspecified atom stereocenters. The maximum absolute atomic E-state index is 13.8. The molecule has 0 radical (unpaired) electrons. The number of sulfonamides is 1. The molecule has 1 amide bonds. The van der Waals surface area contributed by atoms with Gasteiger partial charge in [0, 0.05) is 18.6 Å². The number of hydrogen-bond donors (Lipinski definition) is 1. The molecule has 0 bridgehead atoms. The number of aryl methyl sites for hydroxylation is 1. The van der Waals surface area contributed by atoms with Gasteiger partial charge < -0.3 is 5.32 Å². The first-order valence-electron chi connectivity index (χ1n) is 9.02. The Morgan fingerprint density at radius 3 is 2.48 bits per heavy atom. The van der Waals surface area contributed by atoms with Gasteiger partial charge in [-0.25, -0.2) is 13.4 Å². The fraction of sp³-hybridized carbons (Fsp3) is 0.250. The zero-order chi connectivity index (χ0) is 23.0. The van der Waals surface area contributed by atoms with Crippen LogP contribution in [0.1, 0.15) is 27.3 Å². The van der Waals surface area contributed by atoms with E-state index in [0.29, 0.717) is 17.3 Å². The third-order valence-electron chi connectivity index (χ3n) is 4.66. The molecule has 0 aliphatic carbocycles. The Morgan fingerprint density at radius 2 is 1.90 bits per heavy atom. The Labute approximate surface area is 177 Å². The summed E-state index contributed by atoms with van der Waals surface area (Å²) in [4.78, 5) is 20.5. The van der Waals surface area contributed by atoms with Gasteiger partial charge >= 0.3 is 6.18 Å². The molecule has 0 aliphatic heterocycles. The lowest BCUT2D eigenvalue weighted by molar-refractivity contribution is -0.136. The maximum atomic E-state index is 13.8. The van der Waals surface area contributed by atoms with Crippen LogP contribution in [0.15, 0.2) is 42.6 Å². The quantitative estimate of drug-likeness (QED) is 0.642. The molecular weight excluding hydrogens is 433 g/mol. The smallest absolute Gasteiger partial charge is 0.345 e. The van der Waals surface area contributed by atoms with Crippen molar-refractivity contribution >= 4 is 32.5 Å². The Bertz CT molecular complexity index is 1250. The number of nitrogens with zero attached hydrogens (tertiary/aromatic N) is 3. The predicted molar refractivity (Wildman–Crippen MR) is 110 cm³/mol. The van der Waals surface area contributed by atoms with Gasteiger partial charge in [0.25, 0.3) is 5.91 Å². The summed E-state index contributed by atoms with van der Waals surface area (Å²) in [5.41, 5.74) is -0.964. The lowest BCUT2D eigenvalue weighted by atomic mass is 10.0. The summed E-state index contributed by atoms with van der Waals surface area (Å²) in [6, 6.07) is 8.54. The van der Waals surface area contributed by atoms with Gasteiger partial charge in [-0.05, 0) is 42.8 Å². The van der Waals surface area contributed by atoms with Crippen molar-refractivity contribution in [1.82, 2.24) is 15.3 Å². The number of amides is 1. The van der Waals surface area contributed by atoms with Crippen LogP contribution in [0, 0.1) is 6.92 Å². The number of aromatic nitrogens is 2. The van der Waals surface area contributed by atoms with Crippen molar-refractivity contribution in [3.05, 3.63) is 65.1 Å². The van der Waals surface area contributed by atoms with E-state index >= 15 is 0 Å². The van der Waals surface area contributed by atoms with Crippen molar-refractivity contribution in [2.75, 3.05) is 17.6 Å². The number of benzene rings is 1. The molecule has 3 rings (SSSR count). The van der Waals surface area contributed by atoms with Crippen molar-refractivity contribution in [3.8, 4) is 0 Å². The summed E-state index contributed by atoms with van der Waals surface area (Å²) in [7, 11) is -2.61. The van der Waals surface area contributed by atoms with Crippen molar-refractivity contribution in [2.24, 2.45) is 0 Å². The second-order valence-electron chi connectivity index (χ2n) is 6.95. The molecule has 0 fully saturated rings. The predicted octanol–water partition coefficient (Wildman–Crippen LogP) is 3.28. The van der Waals surface area contributed by atoms with Gasteiger partial charge in [-0.15, -0.1) is 0 Å². The van der Waals surface area contributed by atoms with E-state index in [1.54, 1.807) is 24.4 Å². The SMILES string of the molecule is Cc1cc(C(=O)NCc2ccccn2)nc2c(C(F)(F)F)cc(N(C)S(C)(=O)=O)cc12. The third-order valence-corrected chi connectivity index (χ3v) is 5.87.